The summed E-state index contributed by atoms with van der Waals surface area (Å²) in [7, 11) is 0. The SMILES string of the molecule is Cc1ccncc1CNC(C)C(C)C(=O)O. The molecule has 2 N–H and O–H groups in total. The van der Waals surface area contributed by atoms with Gasteiger partial charge in [0.05, 0.1) is 5.92 Å². The molecular weight excluding hydrogens is 204 g/mol. The molecule has 0 radical (unpaired) electrons. The summed E-state index contributed by atoms with van der Waals surface area (Å²) < 4.78 is 0. The van der Waals surface area contributed by atoms with E-state index in [1.807, 2.05) is 19.9 Å². The Labute approximate surface area is 95.7 Å². The average molecular weight is 222 g/mol. The maximum absolute atomic E-state index is 10.8. The fraction of sp³-hybridized carbons (Fsp3) is 0.500. The third kappa shape index (κ3) is 3.31. The van der Waals surface area contributed by atoms with Crippen LogP contribution < -0.4 is 5.32 Å². The van der Waals surface area contributed by atoms with E-state index in [1.165, 1.54) is 0 Å². The predicted octanol–water partition coefficient (Wildman–Crippen LogP) is 1.59. The zero-order chi connectivity index (χ0) is 12.1. The number of carboxylic acids is 1. The van der Waals surface area contributed by atoms with E-state index in [-0.39, 0.29) is 6.04 Å². The largest absolute Gasteiger partial charge is 0.481 e. The van der Waals surface area contributed by atoms with Gasteiger partial charge in [-0.2, -0.15) is 0 Å². The van der Waals surface area contributed by atoms with E-state index in [1.54, 1.807) is 19.3 Å². The van der Waals surface area contributed by atoms with Crippen molar-refractivity contribution in [2.24, 2.45) is 5.92 Å². The van der Waals surface area contributed by atoms with E-state index in [0.717, 1.165) is 11.1 Å². The van der Waals surface area contributed by atoms with Crippen LogP contribution in [0.1, 0.15) is 25.0 Å². The van der Waals surface area contributed by atoms with Crippen molar-refractivity contribution >= 4 is 5.97 Å². The van der Waals surface area contributed by atoms with Crippen LogP contribution in [0.4, 0.5) is 0 Å². The molecule has 0 aliphatic carbocycles. The summed E-state index contributed by atoms with van der Waals surface area (Å²) in [5, 5.41) is 12.1. The summed E-state index contributed by atoms with van der Waals surface area (Å²) in [5.74, 6) is -1.17. The Morgan fingerprint density at radius 3 is 2.81 bits per heavy atom. The molecule has 0 aliphatic heterocycles. The molecular formula is C12H18N2O2. The van der Waals surface area contributed by atoms with E-state index < -0.39 is 11.9 Å². The molecule has 4 nitrogen and oxygen atoms in total. The minimum absolute atomic E-state index is 0.0582. The molecule has 88 valence electrons. The van der Waals surface area contributed by atoms with Crippen LogP contribution in [-0.2, 0) is 11.3 Å². The van der Waals surface area contributed by atoms with Gasteiger partial charge in [0.25, 0.3) is 0 Å². The second kappa shape index (κ2) is 5.61. The van der Waals surface area contributed by atoms with Crippen molar-refractivity contribution in [1.29, 1.82) is 0 Å². The standard InChI is InChI=1S/C12H18N2O2/c1-8-4-5-13-6-11(8)7-14-10(3)9(2)12(15)16/h4-6,9-10,14H,7H2,1-3H3,(H,15,16). The summed E-state index contributed by atoms with van der Waals surface area (Å²) in [4.78, 5) is 14.8. The van der Waals surface area contributed by atoms with Gasteiger partial charge in [-0.3, -0.25) is 9.78 Å². The van der Waals surface area contributed by atoms with E-state index in [2.05, 4.69) is 10.3 Å². The fourth-order valence-corrected chi connectivity index (χ4v) is 1.34. The number of rotatable bonds is 5. The highest BCUT2D eigenvalue weighted by Crippen LogP contribution is 2.07. The van der Waals surface area contributed by atoms with E-state index in [4.69, 9.17) is 5.11 Å². The maximum atomic E-state index is 10.8. The molecule has 2 atom stereocenters. The third-order valence-corrected chi connectivity index (χ3v) is 2.90. The number of pyridine rings is 1. The molecule has 1 aromatic rings. The lowest BCUT2D eigenvalue weighted by Crippen LogP contribution is -2.35. The number of carboxylic acid groups (broad SMARTS) is 1. The van der Waals surface area contributed by atoms with Crippen LogP contribution in [0.15, 0.2) is 18.5 Å². The van der Waals surface area contributed by atoms with Crippen LogP contribution in [0.25, 0.3) is 0 Å². The van der Waals surface area contributed by atoms with Crippen LogP contribution in [0.3, 0.4) is 0 Å². The number of nitrogens with one attached hydrogen (secondary N) is 1. The summed E-state index contributed by atoms with van der Waals surface area (Å²) in [6.45, 7) is 6.25. The van der Waals surface area contributed by atoms with Crippen molar-refractivity contribution in [3.8, 4) is 0 Å². The van der Waals surface area contributed by atoms with Crippen LogP contribution in [0, 0.1) is 12.8 Å². The molecule has 0 amide bonds. The Morgan fingerprint density at radius 2 is 2.25 bits per heavy atom. The minimum Gasteiger partial charge on any atom is -0.481 e. The quantitative estimate of drug-likeness (QED) is 0.794. The molecule has 0 fully saturated rings. The summed E-state index contributed by atoms with van der Waals surface area (Å²) in [6, 6.07) is 1.89. The molecule has 1 heterocycles. The van der Waals surface area contributed by atoms with Gasteiger partial charge in [-0.05, 0) is 31.0 Å². The first-order valence-corrected chi connectivity index (χ1v) is 5.38. The molecule has 0 aromatic carbocycles. The average Bonchev–Trinajstić information content (AvgIpc) is 2.26. The van der Waals surface area contributed by atoms with Crippen LogP contribution >= 0.6 is 0 Å². The molecule has 1 rings (SSSR count). The zero-order valence-corrected chi connectivity index (χ0v) is 9.90. The third-order valence-electron chi connectivity index (χ3n) is 2.90. The highest BCUT2D eigenvalue weighted by molar-refractivity contribution is 5.70. The van der Waals surface area contributed by atoms with Crippen LogP contribution in [-0.4, -0.2) is 22.1 Å². The number of aliphatic carboxylic acids is 1. The van der Waals surface area contributed by atoms with Gasteiger partial charge in [0.2, 0.25) is 0 Å². The fourth-order valence-electron chi connectivity index (χ4n) is 1.34. The predicted molar refractivity (Wildman–Crippen MR) is 62.1 cm³/mol. The normalized spacial score (nSPS) is 14.4. The molecule has 1 aromatic heterocycles. The molecule has 0 aliphatic rings. The second-order valence-electron chi connectivity index (χ2n) is 4.10. The van der Waals surface area contributed by atoms with Crippen molar-refractivity contribution in [1.82, 2.24) is 10.3 Å². The summed E-state index contributed by atoms with van der Waals surface area (Å²) in [6.07, 6.45) is 3.56. The lowest BCUT2D eigenvalue weighted by molar-refractivity contribution is -0.141. The molecule has 0 saturated carbocycles. The van der Waals surface area contributed by atoms with E-state index in [0.29, 0.717) is 6.54 Å². The number of nitrogens with zero attached hydrogens (tertiary/aromatic N) is 1. The number of carbonyl (C=O) groups is 1. The lowest BCUT2D eigenvalue weighted by atomic mass is 10.0. The number of hydrogen-bond acceptors (Lipinski definition) is 3. The van der Waals surface area contributed by atoms with Crippen molar-refractivity contribution in [3.05, 3.63) is 29.6 Å². The topological polar surface area (TPSA) is 62.2 Å². The number of hydrogen-bond donors (Lipinski definition) is 2. The zero-order valence-electron chi connectivity index (χ0n) is 9.90. The smallest absolute Gasteiger partial charge is 0.307 e. The summed E-state index contributed by atoms with van der Waals surface area (Å²) in [5.41, 5.74) is 2.27. The van der Waals surface area contributed by atoms with Gasteiger partial charge in [-0.1, -0.05) is 6.92 Å². The highest BCUT2D eigenvalue weighted by atomic mass is 16.4. The Balaban J connectivity index is 2.52. The van der Waals surface area contributed by atoms with Crippen molar-refractivity contribution in [2.75, 3.05) is 0 Å². The molecule has 0 bridgehead atoms. The molecule has 0 spiro atoms. The van der Waals surface area contributed by atoms with Gasteiger partial charge in [0.1, 0.15) is 0 Å². The van der Waals surface area contributed by atoms with Crippen molar-refractivity contribution < 1.29 is 9.90 Å². The maximum Gasteiger partial charge on any atom is 0.307 e. The monoisotopic (exact) mass is 222 g/mol. The Hall–Kier alpha value is -1.42. The minimum atomic E-state index is -0.775. The molecule has 4 heteroatoms. The van der Waals surface area contributed by atoms with Crippen LogP contribution in [0.2, 0.25) is 0 Å². The first-order chi connectivity index (χ1) is 7.52. The van der Waals surface area contributed by atoms with Gasteiger partial charge in [-0.15, -0.1) is 0 Å². The van der Waals surface area contributed by atoms with Gasteiger partial charge in [0.15, 0.2) is 0 Å². The highest BCUT2D eigenvalue weighted by Gasteiger charge is 2.18. The van der Waals surface area contributed by atoms with E-state index in [9.17, 15) is 4.79 Å². The second-order valence-corrected chi connectivity index (χ2v) is 4.10. The molecule has 0 saturated heterocycles. The number of aryl methyl sites for hydroxylation is 1. The Morgan fingerprint density at radius 1 is 1.56 bits per heavy atom. The molecule has 16 heavy (non-hydrogen) atoms. The van der Waals surface area contributed by atoms with Gasteiger partial charge >= 0.3 is 5.97 Å². The van der Waals surface area contributed by atoms with Gasteiger partial charge < -0.3 is 10.4 Å². The Kier molecular flexibility index (Phi) is 4.43. The first-order valence-electron chi connectivity index (χ1n) is 5.38. The Bertz CT molecular complexity index is 366. The molecule has 2 unspecified atom stereocenters. The lowest BCUT2D eigenvalue weighted by Gasteiger charge is -2.18. The van der Waals surface area contributed by atoms with Crippen molar-refractivity contribution in [2.45, 2.75) is 33.4 Å². The first kappa shape index (κ1) is 12.6. The van der Waals surface area contributed by atoms with Gasteiger partial charge in [0, 0.05) is 25.0 Å². The van der Waals surface area contributed by atoms with E-state index >= 15 is 0 Å². The van der Waals surface area contributed by atoms with Crippen LogP contribution in [0.5, 0.6) is 0 Å². The van der Waals surface area contributed by atoms with Gasteiger partial charge in [-0.25, -0.2) is 0 Å². The number of aromatic nitrogens is 1. The van der Waals surface area contributed by atoms with Crippen molar-refractivity contribution in [3.63, 3.8) is 0 Å². The summed E-state index contributed by atoms with van der Waals surface area (Å²) >= 11 is 0.